The Balaban J connectivity index is 1.73. The number of rotatable bonds is 5. The molecule has 2 aromatic carbocycles. The topological polar surface area (TPSA) is 56.2 Å². The quantitative estimate of drug-likeness (QED) is 0.722. The maximum Gasteiger partial charge on any atom is 0.262 e. The van der Waals surface area contributed by atoms with Crippen molar-refractivity contribution in [3.63, 3.8) is 0 Å². The zero-order chi connectivity index (χ0) is 18.7. The molecule has 134 valence electrons. The molecular formula is C20H20ClN3O2. The maximum atomic E-state index is 12.3. The second-order valence-electron chi connectivity index (χ2n) is 6.10. The third kappa shape index (κ3) is 4.06. The first kappa shape index (κ1) is 18.0. The number of hydrogen-bond acceptors (Lipinski definition) is 3. The van der Waals surface area contributed by atoms with Crippen molar-refractivity contribution in [3.05, 3.63) is 70.5 Å². The van der Waals surface area contributed by atoms with Crippen LogP contribution in [0.4, 0.5) is 5.69 Å². The highest BCUT2D eigenvalue weighted by molar-refractivity contribution is 6.30. The lowest BCUT2D eigenvalue weighted by Gasteiger charge is -2.13. The van der Waals surface area contributed by atoms with E-state index in [1.807, 2.05) is 55.8 Å². The Kier molecular flexibility index (Phi) is 5.28. The molecule has 6 heteroatoms. The third-order valence-electron chi connectivity index (χ3n) is 3.91. The molecule has 3 rings (SSSR count). The van der Waals surface area contributed by atoms with Gasteiger partial charge >= 0.3 is 0 Å². The van der Waals surface area contributed by atoms with Crippen LogP contribution in [0.15, 0.2) is 48.5 Å². The van der Waals surface area contributed by atoms with E-state index in [4.69, 9.17) is 16.3 Å². The Labute approximate surface area is 157 Å². The summed E-state index contributed by atoms with van der Waals surface area (Å²) in [7, 11) is 0. The number of carbonyl (C=O) groups is 1. The monoisotopic (exact) mass is 369 g/mol. The molecule has 26 heavy (non-hydrogen) atoms. The smallest absolute Gasteiger partial charge is 0.262 e. The molecule has 3 aromatic rings. The Morgan fingerprint density at radius 1 is 1.15 bits per heavy atom. The van der Waals surface area contributed by atoms with Crippen LogP contribution < -0.4 is 10.1 Å². The van der Waals surface area contributed by atoms with E-state index in [1.54, 1.807) is 18.2 Å². The van der Waals surface area contributed by atoms with E-state index in [2.05, 4.69) is 10.4 Å². The lowest BCUT2D eigenvalue weighted by atomic mass is 10.2. The first-order valence-electron chi connectivity index (χ1n) is 8.25. The molecular weight excluding hydrogens is 350 g/mol. The number of carbonyl (C=O) groups excluding carboxylic acids is 1. The van der Waals surface area contributed by atoms with Gasteiger partial charge in [-0.2, -0.15) is 5.10 Å². The van der Waals surface area contributed by atoms with Gasteiger partial charge in [0.2, 0.25) is 0 Å². The van der Waals surface area contributed by atoms with E-state index in [0.29, 0.717) is 16.5 Å². The summed E-state index contributed by atoms with van der Waals surface area (Å²) in [6.45, 7) is 5.71. The molecule has 0 aliphatic carbocycles. The number of ether oxygens (including phenoxy) is 1. The van der Waals surface area contributed by atoms with Gasteiger partial charge in [0.05, 0.1) is 17.1 Å². The van der Waals surface area contributed by atoms with Gasteiger partial charge in [0.25, 0.3) is 5.91 Å². The molecule has 1 amide bonds. The maximum absolute atomic E-state index is 12.3. The van der Waals surface area contributed by atoms with Gasteiger partial charge < -0.3 is 10.1 Å². The number of amides is 1. The fourth-order valence-corrected chi connectivity index (χ4v) is 2.97. The number of anilines is 1. The molecule has 0 unspecified atom stereocenters. The van der Waals surface area contributed by atoms with Crippen LogP contribution in [0.5, 0.6) is 5.75 Å². The molecule has 0 bridgehead atoms. The zero-order valence-corrected chi connectivity index (χ0v) is 15.7. The predicted octanol–water partition coefficient (Wildman–Crippen LogP) is 4.47. The van der Waals surface area contributed by atoms with Crippen LogP contribution in [0, 0.1) is 20.8 Å². The molecule has 0 aliphatic heterocycles. The van der Waals surface area contributed by atoms with Gasteiger partial charge in [-0.3, -0.25) is 4.79 Å². The number of para-hydroxylation sites is 2. The van der Waals surface area contributed by atoms with Gasteiger partial charge in [-0.25, -0.2) is 4.68 Å². The number of hydrogen-bond donors (Lipinski definition) is 1. The minimum Gasteiger partial charge on any atom is -0.483 e. The van der Waals surface area contributed by atoms with Crippen LogP contribution in [0.3, 0.4) is 0 Å². The number of halogens is 1. The van der Waals surface area contributed by atoms with Crippen LogP contribution in [-0.4, -0.2) is 22.3 Å². The first-order chi connectivity index (χ1) is 12.4. The van der Waals surface area contributed by atoms with Gasteiger partial charge in [-0.05, 0) is 62.7 Å². The van der Waals surface area contributed by atoms with Crippen molar-refractivity contribution in [2.45, 2.75) is 20.8 Å². The molecule has 0 saturated carbocycles. The second kappa shape index (κ2) is 7.62. The number of nitrogens with zero attached hydrogens (tertiary/aromatic N) is 2. The van der Waals surface area contributed by atoms with Crippen molar-refractivity contribution in [2.24, 2.45) is 0 Å². The minimum atomic E-state index is -0.242. The summed E-state index contributed by atoms with van der Waals surface area (Å²) in [5.74, 6) is 0.393. The second-order valence-corrected chi connectivity index (χ2v) is 6.54. The normalized spacial score (nSPS) is 10.6. The largest absolute Gasteiger partial charge is 0.483 e. The van der Waals surface area contributed by atoms with Crippen LogP contribution in [0.2, 0.25) is 5.02 Å². The molecule has 0 saturated heterocycles. The SMILES string of the molecule is Cc1cc(C)n(-c2ccccc2NC(=O)COc2ccc(Cl)cc2C)n1. The first-order valence-corrected chi connectivity index (χ1v) is 8.63. The van der Waals surface area contributed by atoms with E-state index in [-0.39, 0.29) is 12.5 Å². The van der Waals surface area contributed by atoms with Gasteiger partial charge in [-0.1, -0.05) is 23.7 Å². The molecule has 0 spiro atoms. The fourth-order valence-electron chi connectivity index (χ4n) is 2.74. The van der Waals surface area contributed by atoms with Crippen molar-refractivity contribution in [1.29, 1.82) is 0 Å². The molecule has 1 aromatic heterocycles. The lowest BCUT2D eigenvalue weighted by Crippen LogP contribution is -2.21. The Morgan fingerprint density at radius 3 is 2.62 bits per heavy atom. The summed E-state index contributed by atoms with van der Waals surface area (Å²) in [5, 5.41) is 8.02. The fraction of sp³-hybridized carbons (Fsp3) is 0.200. The van der Waals surface area contributed by atoms with E-state index in [9.17, 15) is 4.79 Å². The summed E-state index contributed by atoms with van der Waals surface area (Å²) in [6.07, 6.45) is 0. The third-order valence-corrected chi connectivity index (χ3v) is 4.15. The molecule has 0 atom stereocenters. The van der Waals surface area contributed by atoms with E-state index in [0.717, 1.165) is 22.6 Å². The highest BCUT2D eigenvalue weighted by Gasteiger charge is 2.12. The van der Waals surface area contributed by atoms with Crippen LogP contribution in [0.25, 0.3) is 5.69 Å². The Morgan fingerprint density at radius 2 is 1.92 bits per heavy atom. The number of benzene rings is 2. The highest BCUT2D eigenvalue weighted by Crippen LogP contribution is 2.23. The minimum absolute atomic E-state index is 0.0894. The van der Waals surface area contributed by atoms with Gasteiger partial charge in [0.1, 0.15) is 5.75 Å². The standard InChI is InChI=1S/C20H20ClN3O2/c1-13-10-16(21)8-9-19(13)26-12-20(25)22-17-6-4-5-7-18(17)24-15(3)11-14(2)23-24/h4-11H,12H2,1-3H3,(H,22,25). The summed E-state index contributed by atoms with van der Waals surface area (Å²) in [6, 6.07) is 14.8. The predicted molar refractivity (Wildman–Crippen MR) is 103 cm³/mol. The van der Waals surface area contributed by atoms with Crippen molar-refractivity contribution >= 4 is 23.2 Å². The van der Waals surface area contributed by atoms with E-state index >= 15 is 0 Å². The van der Waals surface area contributed by atoms with Crippen molar-refractivity contribution in [3.8, 4) is 11.4 Å². The van der Waals surface area contributed by atoms with Gasteiger partial charge in [0.15, 0.2) is 6.61 Å². The Bertz CT molecular complexity index is 950. The average Bonchev–Trinajstić information content (AvgIpc) is 2.93. The van der Waals surface area contributed by atoms with Crippen LogP contribution in [0.1, 0.15) is 17.0 Å². The van der Waals surface area contributed by atoms with Crippen LogP contribution >= 0.6 is 11.6 Å². The van der Waals surface area contributed by atoms with E-state index < -0.39 is 0 Å². The molecule has 1 heterocycles. The summed E-state index contributed by atoms with van der Waals surface area (Å²) in [5.41, 5.74) is 4.30. The van der Waals surface area contributed by atoms with Crippen molar-refractivity contribution in [1.82, 2.24) is 9.78 Å². The van der Waals surface area contributed by atoms with Crippen LogP contribution in [-0.2, 0) is 4.79 Å². The number of aromatic nitrogens is 2. The molecule has 1 N–H and O–H groups in total. The molecule has 0 radical (unpaired) electrons. The summed E-state index contributed by atoms with van der Waals surface area (Å²) < 4.78 is 7.42. The number of nitrogens with one attached hydrogen (secondary N) is 1. The molecule has 0 aliphatic rings. The van der Waals surface area contributed by atoms with Crippen molar-refractivity contribution in [2.75, 3.05) is 11.9 Å². The average molecular weight is 370 g/mol. The summed E-state index contributed by atoms with van der Waals surface area (Å²) >= 11 is 5.93. The van der Waals surface area contributed by atoms with Gasteiger partial charge in [-0.15, -0.1) is 0 Å². The zero-order valence-electron chi connectivity index (χ0n) is 14.9. The van der Waals surface area contributed by atoms with E-state index in [1.165, 1.54) is 0 Å². The Hall–Kier alpha value is -2.79. The molecule has 5 nitrogen and oxygen atoms in total. The molecule has 0 fully saturated rings. The number of aryl methyl sites for hydroxylation is 3. The highest BCUT2D eigenvalue weighted by atomic mass is 35.5. The van der Waals surface area contributed by atoms with Crippen molar-refractivity contribution < 1.29 is 9.53 Å². The van der Waals surface area contributed by atoms with Gasteiger partial charge in [0, 0.05) is 10.7 Å². The lowest BCUT2D eigenvalue weighted by molar-refractivity contribution is -0.118. The summed E-state index contributed by atoms with van der Waals surface area (Å²) in [4.78, 5) is 12.3.